The maximum atomic E-state index is 12.0. The van der Waals surface area contributed by atoms with Gasteiger partial charge in [-0.2, -0.15) is 0 Å². The zero-order valence-corrected chi connectivity index (χ0v) is 14.2. The number of fused-ring (bicyclic) bond motifs is 1. The van der Waals surface area contributed by atoms with Crippen molar-refractivity contribution in [1.82, 2.24) is 0 Å². The van der Waals surface area contributed by atoms with Gasteiger partial charge in [-0.1, -0.05) is 37.3 Å². The van der Waals surface area contributed by atoms with Gasteiger partial charge < -0.3 is 10.2 Å². The van der Waals surface area contributed by atoms with E-state index in [1.165, 1.54) is 31.2 Å². The molecule has 0 aromatic heterocycles. The van der Waals surface area contributed by atoms with Gasteiger partial charge >= 0.3 is 0 Å². The van der Waals surface area contributed by atoms with E-state index in [1.54, 1.807) is 12.1 Å². The van der Waals surface area contributed by atoms with Crippen molar-refractivity contribution >= 4 is 32.0 Å². The standard InChI is InChI=1S/C18H16N2O4S/c1-2-25(23,24)13-8-10-16(21)15(11-13)19-20-18-14-6-4-3-5-12(14)7-9-17(18)22/h3-11,21-22H,2H2,1H3. The summed E-state index contributed by atoms with van der Waals surface area (Å²) in [5.74, 6) is -0.309. The number of sulfone groups is 1. The normalized spacial score (nSPS) is 12.0. The molecule has 25 heavy (non-hydrogen) atoms. The van der Waals surface area contributed by atoms with E-state index in [9.17, 15) is 18.6 Å². The minimum atomic E-state index is -3.43. The molecule has 128 valence electrons. The zero-order valence-electron chi connectivity index (χ0n) is 13.4. The molecule has 2 N–H and O–H groups in total. The summed E-state index contributed by atoms with van der Waals surface area (Å²) in [6.45, 7) is 1.54. The van der Waals surface area contributed by atoms with Crippen LogP contribution in [0.5, 0.6) is 11.5 Å². The van der Waals surface area contributed by atoms with Crippen LogP contribution in [0.15, 0.2) is 69.7 Å². The first kappa shape index (κ1) is 16.9. The number of hydrogen-bond donors (Lipinski definition) is 2. The van der Waals surface area contributed by atoms with Crippen molar-refractivity contribution in [2.75, 3.05) is 5.75 Å². The summed E-state index contributed by atoms with van der Waals surface area (Å²) >= 11 is 0. The van der Waals surface area contributed by atoms with E-state index < -0.39 is 9.84 Å². The Labute approximate surface area is 145 Å². The molecule has 0 amide bonds. The summed E-state index contributed by atoms with van der Waals surface area (Å²) < 4.78 is 23.9. The summed E-state index contributed by atoms with van der Waals surface area (Å²) in [7, 11) is -3.43. The van der Waals surface area contributed by atoms with Crippen LogP contribution in [-0.4, -0.2) is 24.4 Å². The van der Waals surface area contributed by atoms with Gasteiger partial charge in [0.15, 0.2) is 9.84 Å². The van der Waals surface area contributed by atoms with E-state index in [-0.39, 0.29) is 33.5 Å². The molecule has 0 bridgehead atoms. The van der Waals surface area contributed by atoms with Gasteiger partial charge in [-0.05, 0) is 29.7 Å². The first-order valence-corrected chi connectivity index (χ1v) is 9.26. The number of hydrogen-bond acceptors (Lipinski definition) is 6. The fourth-order valence-corrected chi connectivity index (χ4v) is 3.30. The van der Waals surface area contributed by atoms with Crippen LogP contribution < -0.4 is 0 Å². The zero-order chi connectivity index (χ0) is 18.0. The predicted octanol–water partition coefficient (Wildman–Crippen LogP) is 4.46. The molecule has 0 spiro atoms. The van der Waals surface area contributed by atoms with Crippen LogP contribution in [0.25, 0.3) is 10.8 Å². The van der Waals surface area contributed by atoms with E-state index in [0.29, 0.717) is 5.39 Å². The molecule has 3 rings (SSSR count). The maximum absolute atomic E-state index is 12.0. The Morgan fingerprint density at radius 3 is 2.40 bits per heavy atom. The largest absolute Gasteiger partial charge is 0.506 e. The Hall–Kier alpha value is -2.93. The second-order valence-corrected chi connectivity index (χ2v) is 7.69. The number of rotatable bonds is 4. The predicted molar refractivity (Wildman–Crippen MR) is 95.6 cm³/mol. The van der Waals surface area contributed by atoms with E-state index in [0.717, 1.165) is 5.39 Å². The van der Waals surface area contributed by atoms with E-state index in [2.05, 4.69) is 10.2 Å². The van der Waals surface area contributed by atoms with Crippen molar-refractivity contribution in [2.45, 2.75) is 11.8 Å². The number of aromatic hydroxyl groups is 2. The molecular weight excluding hydrogens is 340 g/mol. The molecule has 7 heteroatoms. The van der Waals surface area contributed by atoms with Crippen LogP contribution in [0.4, 0.5) is 11.4 Å². The molecule has 6 nitrogen and oxygen atoms in total. The van der Waals surface area contributed by atoms with Crippen LogP contribution >= 0.6 is 0 Å². The number of nitrogens with zero attached hydrogens (tertiary/aromatic N) is 2. The average molecular weight is 356 g/mol. The average Bonchev–Trinajstić information content (AvgIpc) is 2.62. The lowest BCUT2D eigenvalue weighted by Gasteiger charge is -2.05. The van der Waals surface area contributed by atoms with Crippen molar-refractivity contribution in [1.29, 1.82) is 0 Å². The van der Waals surface area contributed by atoms with E-state index in [1.807, 2.05) is 18.2 Å². The highest BCUT2D eigenvalue weighted by atomic mass is 32.2. The van der Waals surface area contributed by atoms with Crippen molar-refractivity contribution in [3.63, 3.8) is 0 Å². The van der Waals surface area contributed by atoms with Crippen LogP contribution in [0, 0.1) is 0 Å². The van der Waals surface area contributed by atoms with Crippen LogP contribution in [0.2, 0.25) is 0 Å². The van der Waals surface area contributed by atoms with E-state index in [4.69, 9.17) is 0 Å². The molecule has 0 atom stereocenters. The molecule has 0 saturated carbocycles. The van der Waals surface area contributed by atoms with Crippen molar-refractivity contribution < 1.29 is 18.6 Å². The summed E-state index contributed by atoms with van der Waals surface area (Å²) in [6, 6.07) is 14.5. The molecule has 0 heterocycles. The van der Waals surface area contributed by atoms with Gasteiger partial charge in [-0.3, -0.25) is 0 Å². The Kier molecular flexibility index (Phi) is 4.41. The molecule has 0 fully saturated rings. The minimum Gasteiger partial charge on any atom is -0.506 e. The Morgan fingerprint density at radius 1 is 0.920 bits per heavy atom. The molecule has 0 aliphatic carbocycles. The first-order valence-electron chi connectivity index (χ1n) is 7.60. The van der Waals surface area contributed by atoms with E-state index >= 15 is 0 Å². The lowest BCUT2D eigenvalue weighted by molar-refractivity contribution is 0.474. The summed E-state index contributed by atoms with van der Waals surface area (Å²) in [4.78, 5) is 0.0592. The molecule has 0 aliphatic heterocycles. The lowest BCUT2D eigenvalue weighted by atomic mass is 10.1. The smallest absolute Gasteiger partial charge is 0.178 e. The Morgan fingerprint density at radius 2 is 1.64 bits per heavy atom. The molecule has 3 aromatic rings. The molecule has 3 aromatic carbocycles. The number of phenols is 2. The maximum Gasteiger partial charge on any atom is 0.178 e. The third-order valence-electron chi connectivity index (χ3n) is 3.82. The number of benzene rings is 3. The highest BCUT2D eigenvalue weighted by Gasteiger charge is 2.14. The summed E-state index contributed by atoms with van der Waals surface area (Å²) in [5, 5.41) is 29.5. The molecule has 0 unspecified atom stereocenters. The van der Waals surface area contributed by atoms with Gasteiger partial charge in [-0.25, -0.2) is 8.42 Å². The second kappa shape index (κ2) is 6.52. The fourth-order valence-electron chi connectivity index (χ4n) is 2.40. The molecule has 0 aliphatic rings. The Bertz CT molecular complexity index is 1080. The first-order chi connectivity index (χ1) is 11.9. The van der Waals surface area contributed by atoms with Gasteiger partial charge in [-0.15, -0.1) is 10.2 Å². The van der Waals surface area contributed by atoms with Crippen molar-refractivity contribution in [2.24, 2.45) is 10.2 Å². The monoisotopic (exact) mass is 356 g/mol. The third-order valence-corrected chi connectivity index (χ3v) is 5.56. The topological polar surface area (TPSA) is 99.3 Å². The van der Waals surface area contributed by atoms with Crippen LogP contribution in [0.3, 0.4) is 0 Å². The third kappa shape index (κ3) is 3.32. The van der Waals surface area contributed by atoms with Gasteiger partial charge in [0.2, 0.25) is 0 Å². The van der Waals surface area contributed by atoms with Gasteiger partial charge in [0.25, 0.3) is 0 Å². The lowest BCUT2D eigenvalue weighted by Crippen LogP contribution is -2.02. The van der Waals surface area contributed by atoms with Crippen molar-refractivity contribution in [3.8, 4) is 11.5 Å². The molecular formula is C18H16N2O4S. The number of azo groups is 1. The summed E-state index contributed by atoms with van der Waals surface area (Å²) in [5.41, 5.74) is 0.267. The summed E-state index contributed by atoms with van der Waals surface area (Å²) in [6.07, 6.45) is 0. The molecule has 0 saturated heterocycles. The van der Waals surface area contributed by atoms with Gasteiger partial charge in [0.1, 0.15) is 22.9 Å². The second-order valence-electron chi connectivity index (χ2n) is 5.41. The van der Waals surface area contributed by atoms with Gasteiger partial charge in [0.05, 0.1) is 10.6 Å². The SMILES string of the molecule is CCS(=O)(=O)c1ccc(O)c(N=Nc2c(O)ccc3ccccc23)c1. The Balaban J connectivity index is 2.09. The fraction of sp³-hybridized carbons (Fsp3) is 0.111. The number of phenolic OH excluding ortho intramolecular Hbond substituents is 2. The van der Waals surface area contributed by atoms with Crippen molar-refractivity contribution in [3.05, 3.63) is 54.6 Å². The minimum absolute atomic E-state index is 0.0156. The highest BCUT2D eigenvalue weighted by Crippen LogP contribution is 2.37. The molecule has 0 radical (unpaired) electrons. The quantitative estimate of drug-likeness (QED) is 0.674. The van der Waals surface area contributed by atoms with Gasteiger partial charge in [0, 0.05) is 5.39 Å². The van der Waals surface area contributed by atoms with Crippen LogP contribution in [-0.2, 0) is 9.84 Å². The van der Waals surface area contributed by atoms with Crippen LogP contribution in [0.1, 0.15) is 6.92 Å². The highest BCUT2D eigenvalue weighted by molar-refractivity contribution is 7.91.